The van der Waals surface area contributed by atoms with Gasteiger partial charge in [-0.25, -0.2) is 0 Å². The molecule has 45 heavy (non-hydrogen) atoms. The third kappa shape index (κ3) is 5.91. The molecular formula is C38H37N3O4. The molecule has 6 rings (SSSR count). The van der Waals surface area contributed by atoms with E-state index in [1.807, 2.05) is 111 Å². The van der Waals surface area contributed by atoms with Gasteiger partial charge in [-0.2, -0.15) is 0 Å². The number of rotatable bonds is 7. The first kappa shape index (κ1) is 30.0. The Morgan fingerprint density at radius 1 is 0.800 bits per heavy atom. The summed E-state index contributed by atoms with van der Waals surface area (Å²) in [6.07, 6.45) is 1.61. The Bertz CT molecular complexity index is 1890. The molecule has 1 aromatic heterocycles. The zero-order valence-corrected chi connectivity index (χ0v) is 25.7. The van der Waals surface area contributed by atoms with Crippen LogP contribution in [0.15, 0.2) is 109 Å². The van der Waals surface area contributed by atoms with Crippen LogP contribution >= 0.6 is 0 Å². The maximum absolute atomic E-state index is 14.3. The highest BCUT2D eigenvalue weighted by Crippen LogP contribution is 2.49. The Hall–Kier alpha value is -5.01. The van der Waals surface area contributed by atoms with E-state index in [4.69, 9.17) is 0 Å². The summed E-state index contributed by atoms with van der Waals surface area (Å²) in [4.78, 5) is 42.5. The van der Waals surface area contributed by atoms with Gasteiger partial charge in [-0.3, -0.25) is 14.4 Å². The van der Waals surface area contributed by atoms with E-state index in [0.29, 0.717) is 23.5 Å². The number of amides is 2. The van der Waals surface area contributed by atoms with Crippen LogP contribution in [0.1, 0.15) is 41.5 Å². The Kier molecular flexibility index (Phi) is 8.12. The van der Waals surface area contributed by atoms with Gasteiger partial charge in [0, 0.05) is 47.4 Å². The largest absolute Gasteiger partial charge is 0.389 e. The van der Waals surface area contributed by atoms with E-state index in [9.17, 15) is 19.5 Å². The van der Waals surface area contributed by atoms with Crippen LogP contribution in [0.2, 0.25) is 0 Å². The van der Waals surface area contributed by atoms with Gasteiger partial charge in [0.1, 0.15) is 11.7 Å². The van der Waals surface area contributed by atoms with Crippen molar-refractivity contribution in [2.75, 3.05) is 10.6 Å². The summed E-state index contributed by atoms with van der Waals surface area (Å²) in [6, 6.07) is 32.6. The number of aryl methyl sites for hydroxylation is 2. The maximum Gasteiger partial charge on any atom is 0.235 e. The van der Waals surface area contributed by atoms with E-state index in [-0.39, 0.29) is 6.42 Å². The highest BCUT2D eigenvalue weighted by atomic mass is 16.3. The summed E-state index contributed by atoms with van der Waals surface area (Å²) in [7, 11) is 0. The number of ketones is 1. The topological polar surface area (TPSA) is 100 Å². The van der Waals surface area contributed by atoms with Crippen LogP contribution in [0.3, 0.4) is 0 Å². The molecule has 0 bridgehead atoms. The smallest absolute Gasteiger partial charge is 0.235 e. The molecule has 4 atom stereocenters. The van der Waals surface area contributed by atoms with Crippen molar-refractivity contribution in [1.29, 1.82) is 0 Å². The first-order valence-corrected chi connectivity index (χ1v) is 15.2. The standard InChI is InChI=1S/C38H37N3O4/c1-24-13-7-10-18-29(24)39-36(43)34-32(42)21-38(3,45)35(37(44)40-30-19-11-8-14-25(30)2)33(34)28-23-41(22-26-15-5-4-6-16-26)31-20-12-9-17-27(28)31/h4-20,23,33-35,45H,21-22H2,1-3H3,(H,39,43)(H,40,44). The van der Waals surface area contributed by atoms with Crippen LogP contribution in [-0.2, 0) is 20.9 Å². The summed E-state index contributed by atoms with van der Waals surface area (Å²) in [5.41, 5.74) is 3.87. The fraction of sp³-hybridized carbons (Fsp3) is 0.237. The molecule has 2 amide bonds. The molecule has 4 unspecified atom stereocenters. The third-order valence-electron chi connectivity index (χ3n) is 9.01. The number of fused-ring (bicyclic) bond motifs is 1. The highest BCUT2D eigenvalue weighted by molar-refractivity contribution is 6.11. The number of anilines is 2. The summed E-state index contributed by atoms with van der Waals surface area (Å²) < 4.78 is 2.08. The van der Waals surface area contributed by atoms with Crippen LogP contribution in [0.4, 0.5) is 11.4 Å². The zero-order chi connectivity index (χ0) is 31.7. The monoisotopic (exact) mass is 599 g/mol. The Balaban J connectivity index is 1.51. The van der Waals surface area contributed by atoms with Gasteiger partial charge in [0.25, 0.3) is 0 Å². The first-order valence-electron chi connectivity index (χ1n) is 15.2. The molecule has 4 aromatic carbocycles. The van der Waals surface area contributed by atoms with Crippen molar-refractivity contribution in [1.82, 2.24) is 4.57 Å². The minimum absolute atomic E-state index is 0.329. The molecule has 1 saturated carbocycles. The van der Waals surface area contributed by atoms with Crippen LogP contribution in [0.5, 0.6) is 0 Å². The average molecular weight is 600 g/mol. The summed E-state index contributed by atoms with van der Waals surface area (Å²) in [5.74, 6) is -4.62. The normalized spacial score (nSPS) is 21.4. The van der Waals surface area contributed by atoms with Gasteiger partial charge in [-0.05, 0) is 61.2 Å². The fourth-order valence-electron chi connectivity index (χ4n) is 6.77. The number of benzene rings is 4. The number of carbonyl (C=O) groups is 3. The number of aromatic nitrogens is 1. The molecular weight excluding hydrogens is 562 g/mol. The second-order valence-electron chi connectivity index (χ2n) is 12.3. The molecule has 0 saturated heterocycles. The second kappa shape index (κ2) is 12.2. The lowest BCUT2D eigenvalue weighted by Crippen LogP contribution is -2.56. The summed E-state index contributed by atoms with van der Waals surface area (Å²) in [5, 5.41) is 18.7. The fourth-order valence-corrected chi connectivity index (χ4v) is 6.77. The van der Waals surface area contributed by atoms with E-state index < -0.39 is 41.0 Å². The summed E-state index contributed by atoms with van der Waals surface area (Å²) in [6.45, 7) is 5.86. The molecule has 7 nitrogen and oxygen atoms in total. The predicted molar refractivity (Wildman–Crippen MR) is 177 cm³/mol. The van der Waals surface area contributed by atoms with Gasteiger partial charge >= 0.3 is 0 Å². The first-order chi connectivity index (χ1) is 21.6. The molecule has 1 aliphatic rings. The van der Waals surface area contributed by atoms with Crippen molar-refractivity contribution in [3.8, 4) is 0 Å². The van der Waals surface area contributed by atoms with E-state index in [1.165, 1.54) is 6.92 Å². The van der Waals surface area contributed by atoms with Crippen LogP contribution in [-0.4, -0.2) is 32.9 Å². The van der Waals surface area contributed by atoms with Gasteiger partial charge in [0.15, 0.2) is 0 Å². The summed E-state index contributed by atoms with van der Waals surface area (Å²) >= 11 is 0. The van der Waals surface area contributed by atoms with Crippen molar-refractivity contribution < 1.29 is 19.5 Å². The van der Waals surface area contributed by atoms with Crippen LogP contribution in [0.25, 0.3) is 10.9 Å². The number of hydrogen-bond donors (Lipinski definition) is 3. The van der Waals surface area contributed by atoms with E-state index in [0.717, 1.165) is 27.6 Å². The lowest BCUT2D eigenvalue weighted by atomic mass is 9.61. The molecule has 0 radical (unpaired) electrons. The number of hydrogen-bond acceptors (Lipinski definition) is 4. The Morgan fingerprint density at radius 3 is 2.00 bits per heavy atom. The number of carbonyl (C=O) groups excluding carboxylic acids is 3. The van der Waals surface area contributed by atoms with Crippen molar-refractivity contribution in [2.45, 2.75) is 45.3 Å². The molecule has 1 fully saturated rings. The van der Waals surface area contributed by atoms with Gasteiger partial charge in [-0.1, -0.05) is 84.9 Å². The molecule has 1 heterocycles. The predicted octanol–water partition coefficient (Wildman–Crippen LogP) is 6.62. The van der Waals surface area contributed by atoms with Crippen molar-refractivity contribution in [2.24, 2.45) is 11.8 Å². The molecule has 0 spiro atoms. The number of nitrogens with zero attached hydrogens (tertiary/aromatic N) is 1. The lowest BCUT2D eigenvalue weighted by molar-refractivity contribution is -0.150. The lowest BCUT2D eigenvalue weighted by Gasteiger charge is -2.44. The number of nitrogens with one attached hydrogen (secondary N) is 2. The van der Waals surface area contributed by atoms with Gasteiger partial charge in [0.05, 0.1) is 11.5 Å². The average Bonchev–Trinajstić information content (AvgIpc) is 3.37. The van der Waals surface area contributed by atoms with Crippen LogP contribution in [0, 0.1) is 25.7 Å². The molecule has 228 valence electrons. The minimum Gasteiger partial charge on any atom is -0.389 e. The molecule has 5 aromatic rings. The number of Topliss-reactive ketones (excluding diaryl/α,β-unsaturated/α-hetero) is 1. The van der Waals surface area contributed by atoms with E-state index in [2.05, 4.69) is 15.2 Å². The molecule has 0 aliphatic heterocycles. The Morgan fingerprint density at radius 2 is 1.36 bits per heavy atom. The third-order valence-corrected chi connectivity index (χ3v) is 9.01. The van der Waals surface area contributed by atoms with E-state index in [1.54, 1.807) is 12.1 Å². The Labute approximate surface area is 262 Å². The molecule has 7 heteroatoms. The van der Waals surface area contributed by atoms with Crippen molar-refractivity contribution in [3.05, 3.63) is 132 Å². The van der Waals surface area contributed by atoms with Gasteiger partial charge < -0.3 is 20.3 Å². The maximum atomic E-state index is 14.3. The minimum atomic E-state index is -1.71. The van der Waals surface area contributed by atoms with E-state index >= 15 is 0 Å². The van der Waals surface area contributed by atoms with Gasteiger partial charge in [-0.15, -0.1) is 0 Å². The highest BCUT2D eigenvalue weighted by Gasteiger charge is 2.56. The zero-order valence-electron chi connectivity index (χ0n) is 25.7. The number of para-hydroxylation sites is 3. The number of aliphatic hydroxyl groups is 1. The molecule has 1 aliphatic carbocycles. The second-order valence-corrected chi connectivity index (χ2v) is 12.3. The quantitative estimate of drug-likeness (QED) is 0.183. The van der Waals surface area contributed by atoms with Crippen LogP contribution < -0.4 is 10.6 Å². The molecule has 3 N–H and O–H groups in total. The SMILES string of the molecule is Cc1ccccc1NC(=O)C1C(=O)CC(C)(O)C(C(=O)Nc2ccccc2C)C1c1cn(Cc2ccccc2)c2ccccc12. The van der Waals surface area contributed by atoms with Crippen molar-refractivity contribution in [3.63, 3.8) is 0 Å². The van der Waals surface area contributed by atoms with Crippen molar-refractivity contribution >= 4 is 39.9 Å². The van der Waals surface area contributed by atoms with Gasteiger partial charge in [0.2, 0.25) is 11.8 Å².